The van der Waals surface area contributed by atoms with Gasteiger partial charge in [-0.2, -0.15) is 13.2 Å². The molecule has 220 valence electrons. The number of benzene rings is 2. The average molecular weight is 580 g/mol. The Morgan fingerprint density at radius 2 is 1.81 bits per heavy atom. The Hall–Kier alpha value is -4.52. The number of anilines is 5. The summed E-state index contributed by atoms with van der Waals surface area (Å²) < 4.78 is 41.2. The molecule has 1 fully saturated rings. The largest absolute Gasteiger partial charge is 0.416 e. The van der Waals surface area contributed by atoms with Crippen LogP contribution in [0.4, 0.5) is 42.0 Å². The van der Waals surface area contributed by atoms with Crippen LogP contribution in [0, 0.1) is 6.92 Å². The second-order valence-electron chi connectivity index (χ2n) is 10.7. The summed E-state index contributed by atoms with van der Waals surface area (Å²) in [5.74, 6) is 0.371. The zero-order valence-electron chi connectivity index (χ0n) is 23.8. The predicted octanol–water partition coefficient (Wildman–Crippen LogP) is 5.32. The molecule has 0 bridgehead atoms. The smallest absolute Gasteiger partial charge is 0.373 e. The van der Waals surface area contributed by atoms with Gasteiger partial charge in [-0.25, -0.2) is 19.9 Å². The van der Waals surface area contributed by atoms with E-state index in [9.17, 15) is 18.0 Å². The molecule has 2 aromatic carbocycles. The molecule has 1 saturated carbocycles. The molecule has 3 N–H and O–H groups in total. The molecule has 0 saturated heterocycles. The van der Waals surface area contributed by atoms with Crippen molar-refractivity contribution in [2.24, 2.45) is 0 Å². The minimum atomic E-state index is -4.57. The second kappa shape index (κ2) is 11.8. The minimum absolute atomic E-state index is 0.0470. The third-order valence-corrected chi connectivity index (χ3v) is 6.87. The number of aromatic nitrogens is 4. The molecule has 1 aliphatic carbocycles. The van der Waals surface area contributed by atoms with Gasteiger partial charge < -0.3 is 25.8 Å². The number of hydrogen-bond acceptors (Lipinski definition) is 9. The quantitative estimate of drug-likeness (QED) is 0.230. The Kier molecular flexibility index (Phi) is 8.12. The van der Waals surface area contributed by atoms with Gasteiger partial charge in [0.15, 0.2) is 5.82 Å². The number of fused-ring (bicyclic) bond motifs is 1. The van der Waals surface area contributed by atoms with Crippen molar-refractivity contribution < 1.29 is 18.0 Å². The fourth-order valence-electron chi connectivity index (χ4n) is 4.20. The molecule has 0 atom stereocenters. The van der Waals surface area contributed by atoms with Crippen LogP contribution in [0.25, 0.3) is 11.0 Å². The Morgan fingerprint density at radius 3 is 2.52 bits per heavy atom. The number of nitrogens with zero attached hydrogens (tertiary/aromatic N) is 6. The average Bonchev–Trinajstić information content (AvgIpc) is 3.76. The maximum absolute atomic E-state index is 13.7. The highest BCUT2D eigenvalue weighted by atomic mass is 19.4. The fourth-order valence-corrected chi connectivity index (χ4v) is 4.20. The Bertz CT molecular complexity index is 1610. The Balaban J connectivity index is 1.39. The van der Waals surface area contributed by atoms with Crippen molar-refractivity contribution in [2.45, 2.75) is 32.0 Å². The van der Waals surface area contributed by atoms with E-state index >= 15 is 0 Å². The normalized spacial score (nSPS) is 13.3. The van der Waals surface area contributed by atoms with Gasteiger partial charge in [-0.3, -0.25) is 4.79 Å². The van der Waals surface area contributed by atoms with E-state index in [2.05, 4.69) is 35.9 Å². The standard InChI is InChI=1S/C29H32F3N9O/c1-17-5-6-18(11-23(17)38-26-25-24(34-16-35-26)15-33-28(39-25)37-20-7-8-20)27(42)36-21-12-19(29(30,31)32)13-22(14-21)41(4)10-9-40(2)3/h5-6,11-16,20H,7-10H2,1-4H3,(H,36,42)(H,33,37,39)(H,34,35,38). The van der Waals surface area contributed by atoms with Gasteiger partial charge in [0.2, 0.25) is 5.95 Å². The predicted molar refractivity (Wildman–Crippen MR) is 157 cm³/mol. The summed E-state index contributed by atoms with van der Waals surface area (Å²) in [6.07, 6.45) is 0.588. The topological polar surface area (TPSA) is 111 Å². The van der Waals surface area contributed by atoms with Gasteiger partial charge in [0.25, 0.3) is 5.91 Å². The van der Waals surface area contributed by atoms with E-state index in [1.54, 1.807) is 36.3 Å². The number of hydrogen-bond donors (Lipinski definition) is 3. The zero-order valence-corrected chi connectivity index (χ0v) is 23.8. The van der Waals surface area contributed by atoms with Crippen LogP contribution in [0.15, 0.2) is 48.9 Å². The molecule has 1 aliphatic rings. The molecule has 0 spiro atoms. The first-order valence-corrected chi connectivity index (χ1v) is 13.5. The van der Waals surface area contributed by atoms with E-state index in [0.29, 0.717) is 53.3 Å². The number of carbonyl (C=O) groups is 1. The summed E-state index contributed by atoms with van der Waals surface area (Å²) in [5.41, 5.74) is 2.29. The molecule has 5 rings (SSSR count). The van der Waals surface area contributed by atoms with Gasteiger partial charge in [0.1, 0.15) is 17.4 Å². The molecule has 0 radical (unpaired) electrons. The highest BCUT2D eigenvalue weighted by Gasteiger charge is 2.32. The summed E-state index contributed by atoms with van der Waals surface area (Å²) in [5, 5.41) is 9.14. The van der Waals surface area contributed by atoms with Crippen molar-refractivity contribution in [3.63, 3.8) is 0 Å². The highest BCUT2D eigenvalue weighted by Crippen LogP contribution is 2.35. The molecule has 10 nitrogen and oxygen atoms in total. The van der Waals surface area contributed by atoms with Gasteiger partial charge in [0, 0.05) is 48.8 Å². The van der Waals surface area contributed by atoms with Crippen LogP contribution < -0.4 is 20.9 Å². The van der Waals surface area contributed by atoms with E-state index in [-0.39, 0.29) is 11.3 Å². The lowest BCUT2D eigenvalue weighted by Crippen LogP contribution is -2.28. The van der Waals surface area contributed by atoms with Crippen molar-refractivity contribution in [3.8, 4) is 0 Å². The monoisotopic (exact) mass is 579 g/mol. The number of likely N-dealkylation sites (N-methyl/N-ethyl adjacent to an activating group) is 2. The lowest BCUT2D eigenvalue weighted by atomic mass is 10.1. The van der Waals surface area contributed by atoms with Gasteiger partial charge in [-0.1, -0.05) is 6.07 Å². The molecular formula is C29H32F3N9O. The van der Waals surface area contributed by atoms with E-state index in [1.165, 1.54) is 12.4 Å². The molecular weight excluding hydrogens is 547 g/mol. The highest BCUT2D eigenvalue weighted by molar-refractivity contribution is 6.05. The summed E-state index contributed by atoms with van der Waals surface area (Å²) >= 11 is 0. The van der Waals surface area contributed by atoms with E-state index in [4.69, 9.17) is 0 Å². The number of carbonyl (C=O) groups excluding carboxylic acids is 1. The molecule has 2 aromatic heterocycles. The second-order valence-corrected chi connectivity index (χ2v) is 10.7. The molecule has 0 aliphatic heterocycles. The molecule has 1 amide bonds. The zero-order chi connectivity index (χ0) is 30.0. The number of amides is 1. The number of halogens is 3. The van der Waals surface area contributed by atoms with Crippen LogP contribution in [-0.2, 0) is 6.18 Å². The summed E-state index contributed by atoms with van der Waals surface area (Å²) in [4.78, 5) is 34.4. The molecule has 0 unspecified atom stereocenters. The Labute approximate surface area is 241 Å². The lowest BCUT2D eigenvalue weighted by molar-refractivity contribution is -0.137. The van der Waals surface area contributed by atoms with Gasteiger partial charge in [-0.05, 0) is 69.8 Å². The van der Waals surface area contributed by atoms with Crippen molar-refractivity contribution in [1.29, 1.82) is 0 Å². The molecule has 4 aromatic rings. The van der Waals surface area contributed by atoms with Crippen molar-refractivity contribution in [2.75, 3.05) is 55.1 Å². The third-order valence-electron chi connectivity index (χ3n) is 6.87. The fraction of sp³-hybridized carbons (Fsp3) is 0.345. The van der Waals surface area contributed by atoms with Crippen LogP contribution in [-0.4, -0.2) is 71.0 Å². The number of nitrogens with one attached hydrogen (secondary N) is 3. The third kappa shape index (κ3) is 7.03. The summed E-state index contributed by atoms with van der Waals surface area (Å²) in [6.45, 7) is 3.03. The van der Waals surface area contributed by atoms with Crippen molar-refractivity contribution in [3.05, 3.63) is 65.6 Å². The van der Waals surface area contributed by atoms with Crippen LogP contribution in [0.5, 0.6) is 0 Å². The van der Waals surface area contributed by atoms with Gasteiger partial charge in [-0.15, -0.1) is 0 Å². The van der Waals surface area contributed by atoms with Crippen LogP contribution >= 0.6 is 0 Å². The number of alkyl halides is 3. The lowest BCUT2D eigenvalue weighted by Gasteiger charge is -2.23. The minimum Gasteiger partial charge on any atom is -0.373 e. The SMILES string of the molecule is Cc1ccc(C(=O)Nc2cc(N(C)CCN(C)C)cc(C(F)(F)F)c2)cc1Nc1ncnc2cnc(NC3CC3)nc12. The van der Waals surface area contributed by atoms with E-state index in [1.807, 2.05) is 25.9 Å². The van der Waals surface area contributed by atoms with Gasteiger partial charge in [0.05, 0.1) is 11.8 Å². The van der Waals surface area contributed by atoms with Crippen molar-refractivity contribution >= 4 is 45.8 Å². The van der Waals surface area contributed by atoms with E-state index in [0.717, 1.165) is 30.5 Å². The Morgan fingerprint density at radius 1 is 1.02 bits per heavy atom. The number of rotatable bonds is 10. The first kappa shape index (κ1) is 29.0. The summed E-state index contributed by atoms with van der Waals surface area (Å²) in [6, 6.07) is 8.92. The maximum atomic E-state index is 13.7. The maximum Gasteiger partial charge on any atom is 0.416 e. The summed E-state index contributed by atoms with van der Waals surface area (Å²) in [7, 11) is 5.50. The van der Waals surface area contributed by atoms with Crippen LogP contribution in [0.2, 0.25) is 0 Å². The van der Waals surface area contributed by atoms with Crippen LogP contribution in [0.3, 0.4) is 0 Å². The van der Waals surface area contributed by atoms with Crippen molar-refractivity contribution in [1.82, 2.24) is 24.8 Å². The molecule has 42 heavy (non-hydrogen) atoms. The molecule has 2 heterocycles. The first-order valence-electron chi connectivity index (χ1n) is 13.5. The van der Waals surface area contributed by atoms with Gasteiger partial charge >= 0.3 is 6.18 Å². The van der Waals surface area contributed by atoms with E-state index < -0.39 is 17.6 Å². The molecule has 13 heteroatoms. The van der Waals surface area contributed by atoms with Crippen LogP contribution in [0.1, 0.15) is 34.3 Å². The number of aryl methyl sites for hydroxylation is 1. The first-order chi connectivity index (χ1) is 20.0.